The van der Waals surface area contributed by atoms with E-state index in [0.29, 0.717) is 19.4 Å². The van der Waals surface area contributed by atoms with E-state index in [2.05, 4.69) is 6.58 Å². The Kier molecular flexibility index (Phi) is 5.02. The van der Waals surface area contributed by atoms with E-state index < -0.39 is 0 Å². The van der Waals surface area contributed by atoms with Crippen LogP contribution in [0, 0.1) is 0 Å². The van der Waals surface area contributed by atoms with Gasteiger partial charge in [0.25, 0.3) is 5.91 Å². The van der Waals surface area contributed by atoms with Crippen LogP contribution in [0.25, 0.3) is 0 Å². The summed E-state index contributed by atoms with van der Waals surface area (Å²) in [5.74, 6) is 4.94. The normalized spacial score (nSPS) is 8.82. The van der Waals surface area contributed by atoms with E-state index in [1.54, 1.807) is 0 Å². The number of aldehydes is 1. The highest BCUT2D eigenvalue weighted by atomic mass is 16.2. The molecule has 0 saturated carbocycles. The smallest absolute Gasteiger partial charge is 0.259 e. The van der Waals surface area contributed by atoms with Gasteiger partial charge >= 0.3 is 0 Å². The van der Waals surface area contributed by atoms with Gasteiger partial charge in [0.15, 0.2) is 0 Å². The van der Waals surface area contributed by atoms with Gasteiger partial charge in [-0.3, -0.25) is 9.80 Å². The molecule has 0 aromatic rings. The number of nitrogens with two attached hydrogens (primary N) is 1. The van der Waals surface area contributed by atoms with Crippen LogP contribution >= 0.6 is 0 Å². The van der Waals surface area contributed by atoms with Gasteiger partial charge in [-0.2, -0.15) is 0 Å². The minimum Gasteiger partial charge on any atom is -0.303 e. The molecule has 0 bridgehead atoms. The molecule has 62 valence electrons. The molecular weight excluding hydrogens is 144 g/mol. The first-order valence-electron chi connectivity index (χ1n) is 3.34. The second-order valence-electron chi connectivity index (χ2n) is 2.04. The Bertz CT molecular complexity index is 157. The lowest BCUT2D eigenvalue weighted by Gasteiger charge is -2.12. The molecule has 0 radical (unpaired) electrons. The number of hydrogen-bond donors (Lipinski definition) is 1. The Labute approximate surface area is 65.6 Å². The number of carbonyl (C=O) groups is 2. The summed E-state index contributed by atoms with van der Waals surface area (Å²) >= 11 is 0. The van der Waals surface area contributed by atoms with Crippen LogP contribution in [0.2, 0.25) is 0 Å². The van der Waals surface area contributed by atoms with Crippen LogP contribution in [-0.4, -0.2) is 23.7 Å². The standard InChI is InChI=1S/C7H12N2O2/c1-2-7(11)9(8)5-3-4-6-10/h2,6H,1,3-5,8H2. The maximum Gasteiger partial charge on any atom is 0.259 e. The van der Waals surface area contributed by atoms with Crippen LogP contribution in [0.5, 0.6) is 0 Å². The van der Waals surface area contributed by atoms with E-state index >= 15 is 0 Å². The predicted molar refractivity (Wildman–Crippen MR) is 41.4 cm³/mol. The molecule has 4 nitrogen and oxygen atoms in total. The average Bonchev–Trinajstić information content (AvgIpc) is 2.03. The Morgan fingerprint density at radius 2 is 2.27 bits per heavy atom. The van der Waals surface area contributed by atoms with Gasteiger partial charge in [0, 0.05) is 13.0 Å². The molecule has 0 aliphatic carbocycles. The van der Waals surface area contributed by atoms with Crippen LogP contribution in [-0.2, 0) is 9.59 Å². The molecule has 0 atom stereocenters. The predicted octanol–water partition coefficient (Wildman–Crippen LogP) is -0.146. The van der Waals surface area contributed by atoms with E-state index in [4.69, 9.17) is 5.84 Å². The van der Waals surface area contributed by atoms with Crippen molar-refractivity contribution in [2.75, 3.05) is 6.54 Å². The molecule has 0 spiro atoms. The lowest BCUT2D eigenvalue weighted by Crippen LogP contribution is -2.36. The largest absolute Gasteiger partial charge is 0.303 e. The number of nitrogens with zero attached hydrogens (tertiary/aromatic N) is 1. The molecule has 2 N–H and O–H groups in total. The zero-order chi connectivity index (χ0) is 8.69. The Morgan fingerprint density at radius 1 is 1.64 bits per heavy atom. The summed E-state index contributed by atoms with van der Waals surface area (Å²) in [5.41, 5.74) is 0. The summed E-state index contributed by atoms with van der Waals surface area (Å²) in [6.07, 6.45) is 2.96. The molecule has 0 rings (SSSR count). The van der Waals surface area contributed by atoms with Crippen molar-refractivity contribution in [1.29, 1.82) is 0 Å². The number of hydrogen-bond acceptors (Lipinski definition) is 3. The fraction of sp³-hybridized carbons (Fsp3) is 0.429. The monoisotopic (exact) mass is 156 g/mol. The lowest BCUT2D eigenvalue weighted by molar-refractivity contribution is -0.126. The molecule has 1 amide bonds. The zero-order valence-electron chi connectivity index (χ0n) is 6.32. The molecular formula is C7H12N2O2. The topological polar surface area (TPSA) is 63.4 Å². The summed E-state index contributed by atoms with van der Waals surface area (Å²) in [6, 6.07) is 0. The van der Waals surface area contributed by atoms with Crippen LogP contribution < -0.4 is 5.84 Å². The summed E-state index contributed by atoms with van der Waals surface area (Å²) < 4.78 is 0. The number of rotatable bonds is 5. The second-order valence-corrected chi connectivity index (χ2v) is 2.04. The van der Waals surface area contributed by atoms with Gasteiger partial charge in [0.05, 0.1) is 0 Å². The first-order chi connectivity index (χ1) is 5.22. The third-order valence-corrected chi connectivity index (χ3v) is 1.18. The van der Waals surface area contributed by atoms with Gasteiger partial charge in [-0.25, -0.2) is 5.84 Å². The zero-order valence-corrected chi connectivity index (χ0v) is 6.32. The molecule has 0 aromatic carbocycles. The van der Waals surface area contributed by atoms with Crippen molar-refractivity contribution in [2.45, 2.75) is 12.8 Å². The average molecular weight is 156 g/mol. The molecule has 0 heterocycles. The molecule has 0 aromatic heterocycles. The SMILES string of the molecule is C=CC(=O)N(N)CCCC=O. The van der Waals surface area contributed by atoms with Gasteiger partial charge in [0.1, 0.15) is 6.29 Å². The molecule has 0 aliphatic heterocycles. The minimum absolute atomic E-state index is 0.323. The Balaban J connectivity index is 3.51. The molecule has 4 heteroatoms. The maximum absolute atomic E-state index is 10.7. The summed E-state index contributed by atoms with van der Waals surface area (Å²) in [7, 11) is 0. The second kappa shape index (κ2) is 5.61. The highest BCUT2D eigenvalue weighted by Crippen LogP contribution is 1.88. The van der Waals surface area contributed by atoms with E-state index in [-0.39, 0.29) is 5.91 Å². The quantitative estimate of drug-likeness (QED) is 0.150. The molecule has 11 heavy (non-hydrogen) atoms. The van der Waals surface area contributed by atoms with Crippen molar-refractivity contribution < 1.29 is 9.59 Å². The van der Waals surface area contributed by atoms with Crippen LogP contribution in [0.1, 0.15) is 12.8 Å². The molecule has 0 saturated heterocycles. The van der Waals surface area contributed by atoms with Gasteiger partial charge in [-0.05, 0) is 12.5 Å². The Hall–Kier alpha value is -1.16. The lowest BCUT2D eigenvalue weighted by atomic mass is 10.3. The van der Waals surface area contributed by atoms with Crippen molar-refractivity contribution in [3.63, 3.8) is 0 Å². The summed E-state index contributed by atoms with van der Waals surface area (Å²) in [6.45, 7) is 3.66. The minimum atomic E-state index is -0.323. The number of carbonyl (C=O) groups excluding carboxylic acids is 2. The van der Waals surface area contributed by atoms with Crippen LogP contribution in [0.3, 0.4) is 0 Å². The van der Waals surface area contributed by atoms with Crippen LogP contribution in [0.15, 0.2) is 12.7 Å². The first-order valence-corrected chi connectivity index (χ1v) is 3.34. The van der Waals surface area contributed by atoms with E-state index in [1.807, 2.05) is 0 Å². The molecule has 0 unspecified atom stereocenters. The van der Waals surface area contributed by atoms with E-state index in [1.165, 1.54) is 0 Å². The van der Waals surface area contributed by atoms with Gasteiger partial charge in [-0.15, -0.1) is 0 Å². The van der Waals surface area contributed by atoms with Crippen molar-refractivity contribution >= 4 is 12.2 Å². The fourth-order valence-corrected chi connectivity index (χ4v) is 0.572. The first kappa shape index (κ1) is 9.84. The number of amides is 1. The third-order valence-electron chi connectivity index (χ3n) is 1.18. The van der Waals surface area contributed by atoms with Crippen molar-refractivity contribution in [3.05, 3.63) is 12.7 Å². The van der Waals surface area contributed by atoms with E-state index in [9.17, 15) is 9.59 Å². The van der Waals surface area contributed by atoms with Crippen molar-refractivity contribution in [3.8, 4) is 0 Å². The van der Waals surface area contributed by atoms with Crippen molar-refractivity contribution in [2.24, 2.45) is 5.84 Å². The fourth-order valence-electron chi connectivity index (χ4n) is 0.572. The highest BCUT2D eigenvalue weighted by Gasteiger charge is 2.02. The van der Waals surface area contributed by atoms with Gasteiger partial charge in [-0.1, -0.05) is 6.58 Å². The van der Waals surface area contributed by atoms with E-state index in [0.717, 1.165) is 17.4 Å². The number of unbranched alkanes of at least 4 members (excludes halogenated alkanes) is 1. The molecule has 0 fully saturated rings. The maximum atomic E-state index is 10.7. The molecule has 0 aliphatic rings. The van der Waals surface area contributed by atoms with Crippen molar-refractivity contribution in [1.82, 2.24) is 5.01 Å². The Morgan fingerprint density at radius 3 is 2.73 bits per heavy atom. The third kappa shape index (κ3) is 4.27. The number of hydrazine groups is 1. The van der Waals surface area contributed by atoms with Crippen LogP contribution in [0.4, 0.5) is 0 Å². The summed E-state index contributed by atoms with van der Waals surface area (Å²) in [4.78, 5) is 20.6. The summed E-state index contributed by atoms with van der Waals surface area (Å²) in [5, 5.41) is 1.04. The van der Waals surface area contributed by atoms with Gasteiger partial charge in [0.2, 0.25) is 0 Å². The van der Waals surface area contributed by atoms with Gasteiger partial charge < -0.3 is 4.79 Å². The highest BCUT2D eigenvalue weighted by molar-refractivity contribution is 5.86.